The minimum atomic E-state index is 0.315. The van der Waals surface area contributed by atoms with Gasteiger partial charge in [-0.05, 0) is 47.8 Å². The van der Waals surface area contributed by atoms with Gasteiger partial charge in [0.25, 0.3) is 0 Å². The molecule has 0 N–H and O–H groups in total. The third kappa shape index (κ3) is 4.58. The highest BCUT2D eigenvalue weighted by atomic mass is 35.5. The largest absolute Gasteiger partial charge is 0.315 e. The molecule has 1 aliphatic rings. The van der Waals surface area contributed by atoms with Crippen molar-refractivity contribution in [2.45, 2.75) is 19.0 Å². The lowest BCUT2D eigenvalue weighted by molar-refractivity contribution is 0.108. The number of benzene rings is 3. The molecule has 0 spiro atoms. The van der Waals surface area contributed by atoms with Crippen molar-refractivity contribution in [1.29, 1.82) is 0 Å². The van der Waals surface area contributed by atoms with E-state index in [4.69, 9.17) is 11.6 Å². The van der Waals surface area contributed by atoms with Crippen molar-refractivity contribution < 1.29 is 0 Å². The van der Waals surface area contributed by atoms with Crippen molar-refractivity contribution in [3.8, 4) is 0 Å². The smallest absolute Gasteiger partial charge is 0.203 e. The van der Waals surface area contributed by atoms with E-state index in [0.717, 1.165) is 56.7 Å². The number of halogens is 1. The minimum Gasteiger partial charge on any atom is -0.315 e. The summed E-state index contributed by atoms with van der Waals surface area (Å²) in [6.07, 6.45) is 1.07. The van der Waals surface area contributed by atoms with Gasteiger partial charge in [0, 0.05) is 32.7 Å². The molecule has 32 heavy (non-hydrogen) atoms. The highest BCUT2D eigenvalue weighted by Gasteiger charge is 2.26. The van der Waals surface area contributed by atoms with E-state index in [1.807, 2.05) is 18.2 Å². The maximum Gasteiger partial charge on any atom is 0.203 e. The molecule has 1 fully saturated rings. The molecule has 4 nitrogen and oxygen atoms in total. The van der Waals surface area contributed by atoms with Crippen LogP contribution in [0.25, 0.3) is 11.0 Å². The van der Waals surface area contributed by atoms with Crippen LogP contribution in [0.15, 0.2) is 84.9 Å². The molecule has 0 bridgehead atoms. The summed E-state index contributed by atoms with van der Waals surface area (Å²) < 4.78 is 2.13. The highest BCUT2D eigenvalue weighted by molar-refractivity contribution is 6.29. The van der Waals surface area contributed by atoms with E-state index in [1.165, 1.54) is 11.1 Å². The van der Waals surface area contributed by atoms with Gasteiger partial charge in [0.05, 0.1) is 17.1 Å². The first-order valence-corrected chi connectivity index (χ1v) is 11.8. The van der Waals surface area contributed by atoms with Crippen molar-refractivity contribution >= 4 is 22.6 Å². The summed E-state index contributed by atoms with van der Waals surface area (Å²) in [4.78, 5) is 9.68. The second kappa shape index (κ2) is 9.86. The number of hydrogen-bond donors (Lipinski definition) is 0. The zero-order valence-corrected chi connectivity index (χ0v) is 19.0. The molecule has 3 aromatic carbocycles. The molecule has 1 aromatic heterocycles. The lowest BCUT2D eigenvalue weighted by Gasteiger charge is -2.40. The Hall–Kier alpha value is -2.66. The average Bonchev–Trinajstić information content (AvgIpc) is 3.17. The standard InChI is InChI=1S/C27H29ClN4/c28-27-29-24-14-7-8-15-25(24)32(27)17-9-16-30-18-20-31(21-19-30)26(22-10-3-1-4-11-22)23-12-5-2-6-13-23/h1-8,10-15,26H,9,16-21H2. The number of para-hydroxylation sites is 2. The molecule has 0 saturated carbocycles. The maximum atomic E-state index is 6.39. The Balaban J connectivity index is 1.20. The number of hydrogen-bond acceptors (Lipinski definition) is 3. The number of imidazole rings is 1. The molecule has 5 rings (SSSR count). The molecule has 0 radical (unpaired) electrons. The molecular weight excluding hydrogens is 416 g/mol. The van der Waals surface area contributed by atoms with Gasteiger partial charge in [-0.15, -0.1) is 0 Å². The van der Waals surface area contributed by atoms with E-state index >= 15 is 0 Å². The summed E-state index contributed by atoms with van der Waals surface area (Å²) in [6.45, 7) is 6.31. The van der Waals surface area contributed by atoms with E-state index in [0.29, 0.717) is 11.3 Å². The van der Waals surface area contributed by atoms with Gasteiger partial charge in [-0.1, -0.05) is 72.8 Å². The summed E-state index contributed by atoms with van der Waals surface area (Å²) in [6, 6.07) is 30.3. The molecule has 0 amide bonds. The van der Waals surface area contributed by atoms with Gasteiger partial charge in [-0.25, -0.2) is 4.98 Å². The maximum absolute atomic E-state index is 6.39. The third-order valence-electron chi connectivity index (χ3n) is 6.47. The van der Waals surface area contributed by atoms with Crippen LogP contribution in [0.4, 0.5) is 0 Å². The van der Waals surface area contributed by atoms with Crippen LogP contribution in [0.5, 0.6) is 0 Å². The van der Waals surface area contributed by atoms with Gasteiger partial charge in [-0.3, -0.25) is 4.90 Å². The summed E-state index contributed by atoms with van der Waals surface area (Å²) in [5.74, 6) is 0. The van der Waals surface area contributed by atoms with Gasteiger partial charge >= 0.3 is 0 Å². The second-order valence-electron chi connectivity index (χ2n) is 8.48. The Labute approximate surface area is 195 Å². The minimum absolute atomic E-state index is 0.315. The normalized spacial score (nSPS) is 15.6. The van der Waals surface area contributed by atoms with Crippen LogP contribution >= 0.6 is 11.6 Å². The van der Waals surface area contributed by atoms with Crippen LogP contribution in [0.1, 0.15) is 23.6 Å². The second-order valence-corrected chi connectivity index (χ2v) is 8.81. The van der Waals surface area contributed by atoms with E-state index < -0.39 is 0 Å². The average molecular weight is 445 g/mol. The summed E-state index contributed by atoms with van der Waals surface area (Å²) >= 11 is 6.39. The Kier molecular flexibility index (Phi) is 6.54. The predicted molar refractivity (Wildman–Crippen MR) is 132 cm³/mol. The fraction of sp³-hybridized carbons (Fsp3) is 0.296. The lowest BCUT2D eigenvalue weighted by atomic mass is 9.96. The van der Waals surface area contributed by atoms with Crippen molar-refractivity contribution in [3.63, 3.8) is 0 Å². The summed E-state index contributed by atoms with van der Waals surface area (Å²) in [7, 11) is 0. The molecule has 1 saturated heterocycles. The quantitative estimate of drug-likeness (QED) is 0.377. The molecule has 2 heterocycles. The Morgan fingerprint density at radius 1 is 0.719 bits per heavy atom. The molecule has 4 aromatic rings. The van der Waals surface area contributed by atoms with Crippen LogP contribution in [0.2, 0.25) is 5.28 Å². The van der Waals surface area contributed by atoms with Crippen LogP contribution in [-0.2, 0) is 6.54 Å². The molecule has 0 atom stereocenters. The predicted octanol–water partition coefficient (Wildman–Crippen LogP) is 5.49. The third-order valence-corrected chi connectivity index (χ3v) is 6.76. The first-order chi connectivity index (χ1) is 15.8. The fourth-order valence-electron chi connectivity index (χ4n) is 4.84. The first kappa shape index (κ1) is 21.2. The SMILES string of the molecule is Clc1nc2ccccc2n1CCCN1CCN(C(c2ccccc2)c2ccccc2)CC1. The summed E-state index contributed by atoms with van der Waals surface area (Å²) in [5.41, 5.74) is 4.83. The van der Waals surface area contributed by atoms with Crippen LogP contribution in [0, 0.1) is 0 Å². The number of aryl methyl sites for hydroxylation is 1. The highest BCUT2D eigenvalue weighted by Crippen LogP contribution is 2.29. The van der Waals surface area contributed by atoms with Gasteiger partial charge in [-0.2, -0.15) is 0 Å². The monoisotopic (exact) mass is 444 g/mol. The molecule has 0 unspecified atom stereocenters. The number of rotatable bonds is 7. The molecule has 1 aliphatic heterocycles. The van der Waals surface area contributed by atoms with Crippen LogP contribution in [0.3, 0.4) is 0 Å². The lowest BCUT2D eigenvalue weighted by Crippen LogP contribution is -2.48. The van der Waals surface area contributed by atoms with Gasteiger partial charge < -0.3 is 9.47 Å². The van der Waals surface area contributed by atoms with Crippen LogP contribution in [-0.4, -0.2) is 52.1 Å². The zero-order chi connectivity index (χ0) is 21.8. The van der Waals surface area contributed by atoms with Crippen molar-refractivity contribution in [2.75, 3.05) is 32.7 Å². The van der Waals surface area contributed by atoms with Gasteiger partial charge in [0.1, 0.15) is 0 Å². The summed E-state index contributed by atoms with van der Waals surface area (Å²) in [5, 5.41) is 0.588. The van der Waals surface area contributed by atoms with E-state index in [9.17, 15) is 0 Å². The number of piperazine rings is 1. The Morgan fingerprint density at radius 3 is 1.97 bits per heavy atom. The molecule has 0 aliphatic carbocycles. The molecule has 5 heteroatoms. The van der Waals surface area contributed by atoms with Crippen molar-refractivity contribution in [2.24, 2.45) is 0 Å². The Morgan fingerprint density at radius 2 is 1.31 bits per heavy atom. The van der Waals surface area contributed by atoms with E-state index in [1.54, 1.807) is 0 Å². The van der Waals surface area contributed by atoms with E-state index in [2.05, 4.69) is 86.1 Å². The van der Waals surface area contributed by atoms with Gasteiger partial charge in [0.2, 0.25) is 5.28 Å². The zero-order valence-electron chi connectivity index (χ0n) is 18.3. The number of aromatic nitrogens is 2. The van der Waals surface area contributed by atoms with Gasteiger partial charge in [0.15, 0.2) is 0 Å². The fourth-order valence-corrected chi connectivity index (χ4v) is 5.11. The van der Waals surface area contributed by atoms with Crippen LogP contribution < -0.4 is 0 Å². The first-order valence-electron chi connectivity index (χ1n) is 11.5. The Bertz CT molecular complexity index is 1090. The molecular formula is C27H29ClN4. The molecule has 164 valence electrons. The van der Waals surface area contributed by atoms with Crippen molar-refractivity contribution in [1.82, 2.24) is 19.4 Å². The topological polar surface area (TPSA) is 24.3 Å². The van der Waals surface area contributed by atoms with Crippen molar-refractivity contribution in [3.05, 3.63) is 101 Å². The number of fused-ring (bicyclic) bond motifs is 1. The van der Waals surface area contributed by atoms with E-state index in [-0.39, 0.29) is 0 Å². The number of nitrogens with zero attached hydrogens (tertiary/aromatic N) is 4.